The number of hydrogen-bond donors (Lipinski definition) is 1. The summed E-state index contributed by atoms with van der Waals surface area (Å²) in [6, 6.07) is 1.57. The van der Waals surface area contributed by atoms with Crippen LogP contribution in [0.4, 0.5) is 10.2 Å². The summed E-state index contributed by atoms with van der Waals surface area (Å²) in [5.74, 6) is 1.11. The highest BCUT2D eigenvalue weighted by Crippen LogP contribution is 2.21. The van der Waals surface area contributed by atoms with Crippen LogP contribution in [-0.2, 0) is 11.3 Å². The maximum atomic E-state index is 13.4. The Morgan fingerprint density at radius 2 is 2.40 bits per heavy atom. The van der Waals surface area contributed by atoms with Crippen LogP contribution in [0.15, 0.2) is 12.3 Å². The molecule has 0 aromatic carbocycles. The fraction of sp³-hybridized carbons (Fsp3) is 0.667. The molecule has 1 aliphatic heterocycles. The average molecular weight is 281 g/mol. The Morgan fingerprint density at radius 1 is 1.55 bits per heavy atom. The molecule has 0 aliphatic carbocycles. The van der Waals surface area contributed by atoms with Crippen LogP contribution < -0.4 is 10.2 Å². The highest BCUT2D eigenvalue weighted by atomic mass is 19.1. The van der Waals surface area contributed by atoms with Gasteiger partial charge in [0.2, 0.25) is 0 Å². The Morgan fingerprint density at radius 3 is 3.10 bits per heavy atom. The second-order valence-corrected chi connectivity index (χ2v) is 5.38. The summed E-state index contributed by atoms with van der Waals surface area (Å²) in [5.41, 5.74) is 0.908. The van der Waals surface area contributed by atoms with Crippen molar-refractivity contribution < 1.29 is 9.13 Å². The van der Waals surface area contributed by atoms with Crippen molar-refractivity contribution in [2.45, 2.75) is 26.3 Å². The topological polar surface area (TPSA) is 37.4 Å². The van der Waals surface area contributed by atoms with Gasteiger partial charge in [-0.25, -0.2) is 9.37 Å². The Hall–Kier alpha value is -1.20. The third-order valence-corrected chi connectivity index (χ3v) is 3.62. The molecule has 1 N–H and O–H groups in total. The summed E-state index contributed by atoms with van der Waals surface area (Å²) < 4.78 is 18.9. The molecule has 1 aliphatic rings. The van der Waals surface area contributed by atoms with Gasteiger partial charge in [0.25, 0.3) is 0 Å². The SMILES string of the molecule is CCNCc1cc(F)cnc1N(C)CC1CCCOC1. The van der Waals surface area contributed by atoms with Crippen molar-refractivity contribution in [2.75, 3.05) is 38.3 Å². The van der Waals surface area contributed by atoms with Crippen LogP contribution in [0.1, 0.15) is 25.3 Å². The molecule has 2 rings (SSSR count). The molecule has 0 radical (unpaired) electrons. The van der Waals surface area contributed by atoms with E-state index in [1.54, 1.807) is 6.07 Å². The molecule has 0 bridgehead atoms. The molecule has 112 valence electrons. The molecule has 1 aromatic heterocycles. The molecule has 1 fully saturated rings. The van der Waals surface area contributed by atoms with Gasteiger partial charge in [-0.15, -0.1) is 0 Å². The molecule has 20 heavy (non-hydrogen) atoms. The van der Waals surface area contributed by atoms with E-state index in [-0.39, 0.29) is 5.82 Å². The van der Waals surface area contributed by atoms with Crippen molar-refractivity contribution in [3.8, 4) is 0 Å². The molecule has 0 saturated carbocycles. The Labute approximate surface area is 120 Å². The number of aromatic nitrogens is 1. The third kappa shape index (κ3) is 4.15. The standard InChI is InChI=1S/C15H24FN3O/c1-3-17-8-13-7-14(16)9-18-15(13)19(2)10-12-5-4-6-20-11-12/h7,9,12,17H,3-6,8,10-11H2,1-2H3. The van der Waals surface area contributed by atoms with Gasteiger partial charge >= 0.3 is 0 Å². The molecule has 1 aromatic rings. The van der Waals surface area contributed by atoms with Gasteiger partial charge in [0.1, 0.15) is 11.6 Å². The lowest BCUT2D eigenvalue weighted by Gasteiger charge is -2.29. The van der Waals surface area contributed by atoms with Gasteiger partial charge in [-0.2, -0.15) is 0 Å². The Bertz CT molecular complexity index is 422. The molecule has 5 heteroatoms. The normalized spacial score (nSPS) is 19.1. The lowest BCUT2D eigenvalue weighted by Crippen LogP contribution is -2.32. The monoisotopic (exact) mass is 281 g/mol. The van der Waals surface area contributed by atoms with Gasteiger partial charge in [-0.05, 0) is 31.4 Å². The first-order valence-electron chi connectivity index (χ1n) is 7.34. The van der Waals surface area contributed by atoms with Gasteiger partial charge in [-0.3, -0.25) is 0 Å². The van der Waals surface area contributed by atoms with E-state index >= 15 is 0 Å². The molecule has 1 atom stereocenters. The fourth-order valence-electron chi connectivity index (χ4n) is 2.63. The summed E-state index contributed by atoms with van der Waals surface area (Å²) in [6.45, 7) is 6.13. The van der Waals surface area contributed by atoms with Crippen LogP contribution in [-0.4, -0.2) is 38.3 Å². The second kappa shape index (κ2) is 7.55. The van der Waals surface area contributed by atoms with E-state index in [0.717, 1.165) is 44.1 Å². The van der Waals surface area contributed by atoms with Crippen molar-refractivity contribution in [1.82, 2.24) is 10.3 Å². The van der Waals surface area contributed by atoms with E-state index in [1.807, 2.05) is 14.0 Å². The molecule has 0 amide bonds. The van der Waals surface area contributed by atoms with E-state index in [1.165, 1.54) is 12.6 Å². The minimum atomic E-state index is -0.281. The molecule has 4 nitrogen and oxygen atoms in total. The fourth-order valence-corrected chi connectivity index (χ4v) is 2.63. The minimum Gasteiger partial charge on any atom is -0.381 e. The van der Waals surface area contributed by atoms with Crippen molar-refractivity contribution in [1.29, 1.82) is 0 Å². The highest BCUT2D eigenvalue weighted by molar-refractivity contribution is 5.46. The van der Waals surface area contributed by atoms with Crippen molar-refractivity contribution in [3.05, 3.63) is 23.6 Å². The lowest BCUT2D eigenvalue weighted by molar-refractivity contribution is 0.0576. The van der Waals surface area contributed by atoms with Gasteiger partial charge < -0.3 is 15.0 Å². The first kappa shape index (κ1) is 15.2. The summed E-state index contributed by atoms with van der Waals surface area (Å²) in [7, 11) is 2.02. The average Bonchev–Trinajstić information content (AvgIpc) is 2.46. The van der Waals surface area contributed by atoms with Crippen LogP contribution in [0.5, 0.6) is 0 Å². The van der Waals surface area contributed by atoms with Crippen LogP contribution in [0.25, 0.3) is 0 Å². The third-order valence-electron chi connectivity index (χ3n) is 3.62. The summed E-state index contributed by atoms with van der Waals surface area (Å²) in [6.07, 6.45) is 3.60. The number of pyridine rings is 1. The maximum absolute atomic E-state index is 13.4. The van der Waals surface area contributed by atoms with E-state index in [0.29, 0.717) is 12.5 Å². The second-order valence-electron chi connectivity index (χ2n) is 5.38. The number of halogens is 1. The number of rotatable bonds is 6. The summed E-state index contributed by atoms with van der Waals surface area (Å²) in [5, 5.41) is 3.23. The number of nitrogens with zero attached hydrogens (tertiary/aromatic N) is 2. The Balaban J connectivity index is 2.05. The van der Waals surface area contributed by atoms with Crippen LogP contribution in [0, 0.1) is 11.7 Å². The zero-order valence-corrected chi connectivity index (χ0v) is 12.4. The Kier molecular flexibility index (Phi) is 5.73. The molecule has 2 heterocycles. The molecule has 1 unspecified atom stereocenters. The van der Waals surface area contributed by atoms with Gasteiger partial charge in [-0.1, -0.05) is 6.92 Å². The first-order chi connectivity index (χ1) is 9.70. The quantitative estimate of drug-likeness (QED) is 0.867. The molecular formula is C15H24FN3O. The molecule has 1 saturated heterocycles. The predicted octanol–water partition coefficient (Wildman–Crippen LogP) is 2.19. The maximum Gasteiger partial charge on any atom is 0.141 e. The van der Waals surface area contributed by atoms with Crippen molar-refractivity contribution >= 4 is 5.82 Å². The number of ether oxygens (including phenoxy) is 1. The van der Waals surface area contributed by atoms with E-state index in [2.05, 4.69) is 15.2 Å². The summed E-state index contributed by atoms with van der Waals surface area (Å²) in [4.78, 5) is 6.38. The largest absolute Gasteiger partial charge is 0.381 e. The van der Waals surface area contributed by atoms with E-state index in [4.69, 9.17) is 4.74 Å². The smallest absolute Gasteiger partial charge is 0.141 e. The zero-order valence-electron chi connectivity index (χ0n) is 12.4. The predicted molar refractivity (Wildman–Crippen MR) is 78.4 cm³/mol. The van der Waals surface area contributed by atoms with Crippen LogP contribution in [0.3, 0.4) is 0 Å². The summed E-state index contributed by atoms with van der Waals surface area (Å²) >= 11 is 0. The van der Waals surface area contributed by atoms with Gasteiger partial charge in [0.05, 0.1) is 12.8 Å². The highest BCUT2D eigenvalue weighted by Gasteiger charge is 2.18. The van der Waals surface area contributed by atoms with Crippen molar-refractivity contribution in [2.24, 2.45) is 5.92 Å². The number of nitrogens with one attached hydrogen (secondary N) is 1. The van der Waals surface area contributed by atoms with E-state index in [9.17, 15) is 4.39 Å². The molecular weight excluding hydrogens is 257 g/mol. The van der Waals surface area contributed by atoms with Crippen LogP contribution in [0.2, 0.25) is 0 Å². The van der Waals surface area contributed by atoms with Crippen molar-refractivity contribution in [3.63, 3.8) is 0 Å². The molecule has 0 spiro atoms. The minimum absolute atomic E-state index is 0.281. The van der Waals surface area contributed by atoms with Gasteiger partial charge in [0, 0.05) is 32.3 Å². The van der Waals surface area contributed by atoms with Gasteiger partial charge in [0.15, 0.2) is 0 Å². The number of anilines is 1. The van der Waals surface area contributed by atoms with Crippen LogP contribution >= 0.6 is 0 Å². The lowest BCUT2D eigenvalue weighted by atomic mass is 10.0. The first-order valence-corrected chi connectivity index (χ1v) is 7.34. The number of hydrogen-bond acceptors (Lipinski definition) is 4. The van der Waals surface area contributed by atoms with E-state index < -0.39 is 0 Å². The zero-order chi connectivity index (χ0) is 14.4.